The van der Waals surface area contributed by atoms with Gasteiger partial charge in [-0.15, -0.1) is 0 Å². The molecule has 98 valence electrons. The molecular formula is C15H21NO2. The van der Waals surface area contributed by atoms with Crippen LogP contribution in [0, 0.1) is 5.92 Å². The predicted molar refractivity (Wildman–Crippen MR) is 72.2 cm³/mol. The highest BCUT2D eigenvalue weighted by Crippen LogP contribution is 2.17. The average molecular weight is 247 g/mol. The second kappa shape index (κ2) is 6.01. The molecule has 0 aromatic heterocycles. The van der Waals surface area contributed by atoms with Gasteiger partial charge in [-0.2, -0.15) is 0 Å². The van der Waals surface area contributed by atoms with Crippen molar-refractivity contribution in [1.29, 1.82) is 0 Å². The van der Waals surface area contributed by atoms with Gasteiger partial charge in [-0.05, 0) is 49.6 Å². The molecule has 1 unspecified atom stereocenters. The van der Waals surface area contributed by atoms with Crippen molar-refractivity contribution in [3.63, 3.8) is 0 Å². The maximum Gasteiger partial charge on any atom is 0.176 e. The third-order valence-corrected chi connectivity index (χ3v) is 3.52. The molecule has 1 aromatic rings. The molecule has 1 aromatic carbocycles. The smallest absolute Gasteiger partial charge is 0.176 e. The van der Waals surface area contributed by atoms with E-state index < -0.39 is 0 Å². The number of rotatable bonds is 4. The first-order chi connectivity index (χ1) is 8.69. The topological polar surface area (TPSA) is 29.5 Å². The number of likely N-dealkylation sites (tertiary alicyclic amines) is 1. The van der Waals surface area contributed by atoms with Gasteiger partial charge < -0.3 is 4.74 Å². The zero-order chi connectivity index (χ0) is 13.0. The fraction of sp³-hybridized carbons (Fsp3) is 0.533. The molecule has 1 aliphatic heterocycles. The van der Waals surface area contributed by atoms with Crippen LogP contribution in [0.5, 0.6) is 5.75 Å². The van der Waals surface area contributed by atoms with Gasteiger partial charge in [-0.1, -0.05) is 6.92 Å². The number of hydrogen-bond acceptors (Lipinski definition) is 3. The summed E-state index contributed by atoms with van der Waals surface area (Å²) in [5.41, 5.74) is 0.772. The van der Waals surface area contributed by atoms with Crippen LogP contribution in [-0.2, 0) is 0 Å². The maximum atomic E-state index is 12.1. The molecule has 0 spiro atoms. The first-order valence-corrected chi connectivity index (χ1v) is 6.58. The number of Topliss-reactive ketones (excluding diaryl/α,β-unsaturated/α-hetero) is 1. The number of hydrogen-bond donors (Lipinski definition) is 0. The van der Waals surface area contributed by atoms with Crippen LogP contribution in [0.1, 0.15) is 30.1 Å². The third kappa shape index (κ3) is 3.33. The normalized spacial score (nSPS) is 20.7. The van der Waals surface area contributed by atoms with Crippen LogP contribution in [0.15, 0.2) is 24.3 Å². The molecular weight excluding hydrogens is 226 g/mol. The third-order valence-electron chi connectivity index (χ3n) is 3.52. The summed E-state index contributed by atoms with van der Waals surface area (Å²) in [4.78, 5) is 14.4. The minimum Gasteiger partial charge on any atom is -0.497 e. The summed E-state index contributed by atoms with van der Waals surface area (Å²) >= 11 is 0. The first-order valence-electron chi connectivity index (χ1n) is 6.58. The molecule has 1 saturated heterocycles. The van der Waals surface area contributed by atoms with Gasteiger partial charge in [-0.25, -0.2) is 0 Å². The van der Waals surface area contributed by atoms with Crippen LogP contribution in [0.3, 0.4) is 0 Å². The molecule has 1 aliphatic rings. The Kier molecular flexibility index (Phi) is 4.37. The first kappa shape index (κ1) is 13.1. The van der Waals surface area contributed by atoms with Crippen molar-refractivity contribution < 1.29 is 9.53 Å². The summed E-state index contributed by atoms with van der Waals surface area (Å²) in [6.45, 7) is 4.88. The van der Waals surface area contributed by atoms with Gasteiger partial charge in [0.15, 0.2) is 5.78 Å². The number of carbonyl (C=O) groups is 1. The number of methoxy groups -OCH3 is 1. The standard InChI is InChI=1S/C15H21NO2/c1-12-4-3-9-16(10-12)11-15(17)13-5-7-14(18-2)8-6-13/h5-8,12H,3-4,9-11H2,1-2H3. The lowest BCUT2D eigenvalue weighted by Crippen LogP contribution is -2.37. The summed E-state index contributed by atoms with van der Waals surface area (Å²) in [6.07, 6.45) is 2.49. The molecule has 0 N–H and O–H groups in total. The highest BCUT2D eigenvalue weighted by Gasteiger charge is 2.19. The van der Waals surface area contributed by atoms with Gasteiger partial charge >= 0.3 is 0 Å². The Balaban J connectivity index is 1.94. The molecule has 1 fully saturated rings. The number of carbonyl (C=O) groups excluding carboxylic acids is 1. The number of piperidine rings is 1. The molecule has 0 radical (unpaired) electrons. The van der Waals surface area contributed by atoms with Gasteiger partial charge in [0.05, 0.1) is 13.7 Å². The van der Waals surface area contributed by atoms with Crippen LogP contribution in [0.4, 0.5) is 0 Å². The van der Waals surface area contributed by atoms with Crippen molar-refractivity contribution in [2.45, 2.75) is 19.8 Å². The highest BCUT2D eigenvalue weighted by molar-refractivity contribution is 5.97. The van der Waals surface area contributed by atoms with Crippen molar-refractivity contribution in [3.8, 4) is 5.75 Å². The Labute approximate surface area is 109 Å². The fourth-order valence-electron chi connectivity index (χ4n) is 2.50. The molecule has 1 heterocycles. The predicted octanol–water partition coefficient (Wildman–Crippen LogP) is 2.61. The quantitative estimate of drug-likeness (QED) is 0.766. The van der Waals surface area contributed by atoms with E-state index >= 15 is 0 Å². The lowest BCUT2D eigenvalue weighted by atomic mass is 9.99. The SMILES string of the molecule is COc1ccc(C(=O)CN2CCCC(C)C2)cc1. The minimum absolute atomic E-state index is 0.201. The van der Waals surface area contributed by atoms with Crippen molar-refractivity contribution >= 4 is 5.78 Å². The monoisotopic (exact) mass is 247 g/mol. The summed E-state index contributed by atoms with van der Waals surface area (Å²) in [5, 5.41) is 0. The van der Waals surface area contributed by atoms with Crippen LogP contribution >= 0.6 is 0 Å². The second-order valence-corrected chi connectivity index (χ2v) is 5.13. The van der Waals surface area contributed by atoms with Crippen LogP contribution in [-0.4, -0.2) is 37.4 Å². The Hall–Kier alpha value is -1.35. The van der Waals surface area contributed by atoms with E-state index in [9.17, 15) is 4.79 Å². The fourth-order valence-corrected chi connectivity index (χ4v) is 2.50. The Morgan fingerprint density at radius 1 is 1.39 bits per heavy atom. The average Bonchev–Trinajstić information content (AvgIpc) is 2.39. The van der Waals surface area contributed by atoms with E-state index in [2.05, 4.69) is 11.8 Å². The lowest BCUT2D eigenvalue weighted by molar-refractivity contribution is 0.0893. The lowest BCUT2D eigenvalue weighted by Gasteiger charge is -2.30. The molecule has 18 heavy (non-hydrogen) atoms. The van der Waals surface area contributed by atoms with Crippen molar-refractivity contribution in [2.75, 3.05) is 26.7 Å². The van der Waals surface area contributed by atoms with Crippen molar-refractivity contribution in [1.82, 2.24) is 4.90 Å². The molecule has 0 aliphatic carbocycles. The summed E-state index contributed by atoms with van der Waals surface area (Å²) < 4.78 is 5.09. The molecule has 3 nitrogen and oxygen atoms in total. The Morgan fingerprint density at radius 3 is 2.72 bits per heavy atom. The molecule has 2 rings (SSSR count). The van der Waals surface area contributed by atoms with Crippen LogP contribution in [0.25, 0.3) is 0 Å². The van der Waals surface area contributed by atoms with Gasteiger partial charge in [0.2, 0.25) is 0 Å². The van der Waals surface area contributed by atoms with Crippen LogP contribution < -0.4 is 4.74 Å². The van der Waals surface area contributed by atoms with Gasteiger partial charge in [-0.3, -0.25) is 9.69 Å². The van der Waals surface area contributed by atoms with Gasteiger partial charge in [0.25, 0.3) is 0 Å². The van der Waals surface area contributed by atoms with Crippen molar-refractivity contribution in [2.24, 2.45) is 5.92 Å². The zero-order valence-corrected chi connectivity index (χ0v) is 11.2. The summed E-state index contributed by atoms with van der Waals surface area (Å²) in [7, 11) is 1.63. The highest BCUT2D eigenvalue weighted by atomic mass is 16.5. The molecule has 0 bridgehead atoms. The molecule has 0 saturated carbocycles. The van der Waals surface area contributed by atoms with E-state index in [0.717, 1.165) is 24.4 Å². The van der Waals surface area contributed by atoms with Crippen molar-refractivity contribution in [3.05, 3.63) is 29.8 Å². The summed E-state index contributed by atoms with van der Waals surface area (Å²) in [5.74, 6) is 1.70. The van der Waals surface area contributed by atoms with E-state index in [0.29, 0.717) is 12.5 Å². The maximum absolute atomic E-state index is 12.1. The van der Waals surface area contributed by atoms with E-state index in [-0.39, 0.29) is 5.78 Å². The Bertz CT molecular complexity index is 399. The minimum atomic E-state index is 0.201. The largest absolute Gasteiger partial charge is 0.497 e. The Morgan fingerprint density at radius 2 is 2.11 bits per heavy atom. The number of ether oxygens (including phenoxy) is 1. The van der Waals surface area contributed by atoms with E-state index in [1.165, 1.54) is 12.8 Å². The zero-order valence-electron chi connectivity index (χ0n) is 11.2. The second-order valence-electron chi connectivity index (χ2n) is 5.13. The molecule has 1 atom stereocenters. The van der Waals surface area contributed by atoms with E-state index in [1.807, 2.05) is 24.3 Å². The molecule has 0 amide bonds. The van der Waals surface area contributed by atoms with Gasteiger partial charge in [0, 0.05) is 12.1 Å². The number of benzene rings is 1. The van der Waals surface area contributed by atoms with Crippen LogP contribution in [0.2, 0.25) is 0 Å². The molecule has 3 heteroatoms. The van der Waals surface area contributed by atoms with E-state index in [1.54, 1.807) is 7.11 Å². The number of ketones is 1. The summed E-state index contributed by atoms with van der Waals surface area (Å²) in [6, 6.07) is 7.36. The van der Waals surface area contributed by atoms with E-state index in [4.69, 9.17) is 4.74 Å². The number of nitrogens with zero attached hydrogens (tertiary/aromatic N) is 1. The van der Waals surface area contributed by atoms with Gasteiger partial charge in [0.1, 0.15) is 5.75 Å².